The maximum absolute atomic E-state index is 5.87. The number of rotatable bonds is 5. The van der Waals surface area contributed by atoms with Gasteiger partial charge in [0.15, 0.2) is 0 Å². The molecule has 4 heteroatoms. The number of benzene rings is 2. The minimum absolute atomic E-state index is 0.599. The maximum atomic E-state index is 5.87. The Labute approximate surface area is 143 Å². The van der Waals surface area contributed by atoms with Crippen molar-refractivity contribution in [3.63, 3.8) is 0 Å². The van der Waals surface area contributed by atoms with E-state index in [4.69, 9.17) is 4.74 Å². The van der Waals surface area contributed by atoms with Gasteiger partial charge in [0.05, 0.1) is 0 Å². The molecule has 24 heavy (non-hydrogen) atoms. The number of para-hydroxylation sites is 1. The van der Waals surface area contributed by atoms with Crippen LogP contribution in [0.5, 0.6) is 0 Å². The average Bonchev–Trinajstić information content (AvgIpc) is 3.06. The number of aryl methyl sites for hydroxylation is 1. The van der Waals surface area contributed by atoms with Crippen molar-refractivity contribution in [1.29, 1.82) is 0 Å². The fourth-order valence-corrected chi connectivity index (χ4v) is 2.74. The molecule has 1 aliphatic heterocycles. The lowest BCUT2D eigenvalue weighted by molar-refractivity contribution is 0.422. The summed E-state index contributed by atoms with van der Waals surface area (Å²) < 4.78 is 5.87. The predicted octanol–water partition coefficient (Wildman–Crippen LogP) is 4.12. The molecule has 0 bridgehead atoms. The fourth-order valence-electron chi connectivity index (χ4n) is 2.74. The number of hydrogen-bond donors (Lipinski definition) is 1. The molecule has 1 N–H and O–H groups in total. The number of hydrogen-bond acceptors (Lipinski definition) is 4. The van der Waals surface area contributed by atoms with Gasteiger partial charge < -0.3 is 9.64 Å². The first-order valence-electron chi connectivity index (χ1n) is 8.35. The van der Waals surface area contributed by atoms with Gasteiger partial charge in [0.2, 0.25) is 11.8 Å². The second-order valence-corrected chi connectivity index (χ2v) is 5.74. The second kappa shape index (κ2) is 7.21. The molecule has 1 heterocycles. The summed E-state index contributed by atoms with van der Waals surface area (Å²) in [5, 5.41) is 4.29. The third kappa shape index (κ3) is 3.43. The Balaban J connectivity index is 1.81. The van der Waals surface area contributed by atoms with Gasteiger partial charge in [-0.1, -0.05) is 35.9 Å². The summed E-state index contributed by atoms with van der Waals surface area (Å²) in [7, 11) is 0. The van der Waals surface area contributed by atoms with Crippen LogP contribution in [0.4, 0.5) is 5.69 Å². The molecule has 124 valence electrons. The van der Waals surface area contributed by atoms with Crippen molar-refractivity contribution in [2.45, 2.75) is 20.8 Å². The lowest BCUT2D eigenvalue weighted by Gasteiger charge is -2.23. The van der Waals surface area contributed by atoms with Gasteiger partial charge in [0, 0.05) is 36.0 Å². The Morgan fingerprint density at radius 3 is 2.46 bits per heavy atom. The molecule has 2 aromatic rings. The van der Waals surface area contributed by atoms with Crippen molar-refractivity contribution in [2.75, 3.05) is 18.0 Å². The van der Waals surface area contributed by atoms with E-state index in [1.807, 2.05) is 24.3 Å². The molecule has 0 amide bonds. The summed E-state index contributed by atoms with van der Waals surface area (Å²) in [5.74, 6) is 1.24. The largest absolute Gasteiger partial charge is 0.419 e. The van der Waals surface area contributed by atoms with Gasteiger partial charge in [-0.25, -0.2) is 5.43 Å². The van der Waals surface area contributed by atoms with E-state index < -0.39 is 0 Å². The molecule has 0 aliphatic carbocycles. The minimum atomic E-state index is 0.599. The summed E-state index contributed by atoms with van der Waals surface area (Å²) in [5.41, 5.74) is 7.48. The van der Waals surface area contributed by atoms with Crippen LogP contribution in [0.3, 0.4) is 0 Å². The number of anilines is 1. The van der Waals surface area contributed by atoms with Crippen molar-refractivity contribution in [3.05, 3.63) is 71.1 Å². The van der Waals surface area contributed by atoms with Gasteiger partial charge in [-0.15, -0.1) is 5.10 Å². The second-order valence-electron chi connectivity index (χ2n) is 5.74. The van der Waals surface area contributed by atoms with Crippen LogP contribution < -0.4 is 10.3 Å². The molecular weight excluding hydrogens is 298 g/mol. The van der Waals surface area contributed by atoms with Crippen molar-refractivity contribution >= 4 is 17.7 Å². The van der Waals surface area contributed by atoms with Crippen molar-refractivity contribution in [2.24, 2.45) is 5.10 Å². The molecule has 3 rings (SSSR count). The highest BCUT2D eigenvalue weighted by Gasteiger charge is 2.16. The molecule has 0 radical (unpaired) electrons. The quantitative estimate of drug-likeness (QED) is 0.900. The van der Waals surface area contributed by atoms with Gasteiger partial charge >= 0.3 is 0 Å². The standard InChI is InChI=1S/C20H23N3O/c1-4-23(5-2)18-9-7-6-8-17(18)14-19-21-22-20(24-19)16-12-10-15(3)11-13-16/h6-14,21H,4-5H2,1-3H3/b19-14-. The first-order valence-corrected chi connectivity index (χ1v) is 8.35. The first kappa shape index (κ1) is 16.1. The van der Waals surface area contributed by atoms with Crippen molar-refractivity contribution in [3.8, 4) is 0 Å². The molecule has 0 saturated carbocycles. The number of hydrazone groups is 1. The highest BCUT2D eigenvalue weighted by atomic mass is 16.5. The summed E-state index contributed by atoms with van der Waals surface area (Å²) in [6, 6.07) is 16.5. The Kier molecular flexibility index (Phi) is 4.85. The smallest absolute Gasteiger partial charge is 0.245 e. The van der Waals surface area contributed by atoms with E-state index in [1.54, 1.807) is 0 Å². The first-order chi connectivity index (χ1) is 11.7. The topological polar surface area (TPSA) is 36.9 Å². The van der Waals surface area contributed by atoms with Crippen LogP contribution in [0.25, 0.3) is 6.08 Å². The molecule has 2 aromatic carbocycles. The molecule has 4 nitrogen and oxygen atoms in total. The molecule has 0 aromatic heterocycles. The fraction of sp³-hybridized carbons (Fsp3) is 0.250. The lowest BCUT2D eigenvalue weighted by Crippen LogP contribution is -2.22. The normalized spacial score (nSPS) is 15.0. The zero-order valence-corrected chi connectivity index (χ0v) is 14.4. The van der Waals surface area contributed by atoms with Crippen molar-refractivity contribution in [1.82, 2.24) is 5.43 Å². The lowest BCUT2D eigenvalue weighted by atomic mass is 10.1. The van der Waals surface area contributed by atoms with Gasteiger partial charge in [0.1, 0.15) is 0 Å². The van der Waals surface area contributed by atoms with Gasteiger partial charge in [-0.2, -0.15) is 0 Å². The third-order valence-electron chi connectivity index (χ3n) is 4.10. The van der Waals surface area contributed by atoms with Crippen LogP contribution >= 0.6 is 0 Å². The number of nitrogens with zero attached hydrogens (tertiary/aromatic N) is 2. The van der Waals surface area contributed by atoms with E-state index in [-0.39, 0.29) is 0 Å². The van der Waals surface area contributed by atoms with Crippen LogP contribution in [0.1, 0.15) is 30.5 Å². The zero-order chi connectivity index (χ0) is 16.9. The minimum Gasteiger partial charge on any atom is -0.419 e. The van der Waals surface area contributed by atoms with Crippen molar-refractivity contribution < 1.29 is 4.74 Å². The Bertz CT molecular complexity index is 759. The Morgan fingerprint density at radius 1 is 1.04 bits per heavy atom. The Hall–Kier alpha value is -2.75. The highest BCUT2D eigenvalue weighted by molar-refractivity contribution is 5.96. The SMILES string of the molecule is CCN(CC)c1ccccc1/C=C1/NN=C(c2ccc(C)cc2)O1. The molecule has 0 saturated heterocycles. The van der Waals surface area contributed by atoms with Gasteiger partial charge in [-0.05, 0) is 39.0 Å². The predicted molar refractivity (Wildman–Crippen MR) is 99.9 cm³/mol. The molecule has 0 fully saturated rings. The summed E-state index contributed by atoms with van der Waals surface area (Å²) >= 11 is 0. The molecule has 0 spiro atoms. The molecule has 1 aliphatic rings. The molecular formula is C20H23N3O. The van der Waals surface area contributed by atoms with Crippen LogP contribution in [0.2, 0.25) is 0 Å². The van der Waals surface area contributed by atoms with E-state index in [0.29, 0.717) is 11.8 Å². The van der Waals surface area contributed by atoms with Crippen LogP contribution in [-0.2, 0) is 4.74 Å². The van der Waals surface area contributed by atoms with E-state index in [2.05, 4.69) is 66.5 Å². The summed E-state index contributed by atoms with van der Waals surface area (Å²) in [4.78, 5) is 2.32. The van der Waals surface area contributed by atoms with E-state index >= 15 is 0 Å². The molecule has 0 atom stereocenters. The van der Waals surface area contributed by atoms with E-state index in [1.165, 1.54) is 11.3 Å². The van der Waals surface area contributed by atoms with Crippen LogP contribution in [-0.4, -0.2) is 19.0 Å². The summed E-state index contributed by atoms with van der Waals surface area (Å²) in [6.45, 7) is 8.33. The van der Waals surface area contributed by atoms with Gasteiger partial charge in [-0.3, -0.25) is 0 Å². The highest BCUT2D eigenvalue weighted by Crippen LogP contribution is 2.24. The Morgan fingerprint density at radius 2 is 1.75 bits per heavy atom. The molecule has 0 unspecified atom stereocenters. The van der Waals surface area contributed by atoms with Gasteiger partial charge in [0.25, 0.3) is 0 Å². The summed E-state index contributed by atoms with van der Waals surface area (Å²) in [6.07, 6.45) is 2.00. The van der Waals surface area contributed by atoms with Crippen LogP contribution in [0.15, 0.2) is 59.5 Å². The van der Waals surface area contributed by atoms with Crippen LogP contribution in [0, 0.1) is 6.92 Å². The average molecular weight is 321 g/mol. The maximum Gasteiger partial charge on any atom is 0.245 e. The number of nitrogens with one attached hydrogen (secondary N) is 1. The number of ether oxygens (including phenoxy) is 1. The monoisotopic (exact) mass is 321 g/mol. The van der Waals surface area contributed by atoms with E-state index in [0.717, 1.165) is 24.2 Å². The van der Waals surface area contributed by atoms with E-state index in [9.17, 15) is 0 Å². The zero-order valence-electron chi connectivity index (χ0n) is 14.4. The third-order valence-corrected chi connectivity index (χ3v) is 4.10.